The number of alkyl halides is 1. The summed E-state index contributed by atoms with van der Waals surface area (Å²) in [6.45, 7) is 0. The molecule has 0 N–H and O–H groups in total. The predicted octanol–water partition coefficient (Wildman–Crippen LogP) is 5.60. The van der Waals surface area contributed by atoms with E-state index in [4.69, 9.17) is 0 Å². The van der Waals surface area contributed by atoms with Gasteiger partial charge in [0.2, 0.25) is 0 Å². The molecule has 0 fully saturated rings. The van der Waals surface area contributed by atoms with Crippen molar-refractivity contribution in [2.24, 2.45) is 0 Å². The van der Waals surface area contributed by atoms with Gasteiger partial charge < -0.3 is 0 Å². The van der Waals surface area contributed by atoms with Gasteiger partial charge in [-0.1, -0.05) is 64.5 Å². The number of hydrogen-bond acceptors (Lipinski definition) is 0. The molecule has 20 heavy (non-hydrogen) atoms. The summed E-state index contributed by atoms with van der Waals surface area (Å²) in [5.74, 6) is -1.65. The molecular formula is C17H11BrF2. The van der Waals surface area contributed by atoms with E-state index in [9.17, 15) is 8.78 Å². The third-order valence-electron chi connectivity index (χ3n) is 3.33. The third-order valence-corrected chi connectivity index (χ3v) is 4.35. The fourth-order valence-electron chi connectivity index (χ4n) is 2.32. The molecule has 3 heteroatoms. The zero-order chi connectivity index (χ0) is 14.1. The van der Waals surface area contributed by atoms with Crippen molar-refractivity contribution in [3.63, 3.8) is 0 Å². The molecule has 0 aliphatic carbocycles. The number of fused-ring (bicyclic) bond motifs is 1. The highest BCUT2D eigenvalue weighted by molar-refractivity contribution is 9.09. The summed E-state index contributed by atoms with van der Waals surface area (Å²) in [5.41, 5.74) is 1.73. The van der Waals surface area contributed by atoms with Crippen molar-refractivity contribution in [1.82, 2.24) is 0 Å². The van der Waals surface area contributed by atoms with Crippen molar-refractivity contribution in [1.29, 1.82) is 0 Å². The number of hydrogen-bond donors (Lipinski definition) is 0. The molecule has 0 radical (unpaired) electrons. The molecule has 1 atom stereocenters. The van der Waals surface area contributed by atoms with E-state index in [2.05, 4.69) is 15.9 Å². The van der Waals surface area contributed by atoms with Gasteiger partial charge in [0.05, 0.1) is 4.83 Å². The van der Waals surface area contributed by atoms with Gasteiger partial charge in [-0.15, -0.1) is 0 Å². The van der Waals surface area contributed by atoms with Crippen molar-refractivity contribution in [3.05, 3.63) is 83.4 Å². The summed E-state index contributed by atoms with van der Waals surface area (Å²) in [6.07, 6.45) is 0. The Morgan fingerprint density at radius 2 is 1.55 bits per heavy atom. The van der Waals surface area contributed by atoms with Crippen LogP contribution in [0.5, 0.6) is 0 Å². The summed E-state index contributed by atoms with van der Waals surface area (Å²) < 4.78 is 26.4. The normalized spacial score (nSPS) is 12.6. The monoisotopic (exact) mass is 332 g/mol. The SMILES string of the molecule is Fc1ccc(C(Br)c2cccc3ccccc23)cc1F. The Hall–Kier alpha value is -1.74. The molecule has 100 valence electrons. The van der Waals surface area contributed by atoms with E-state index >= 15 is 0 Å². The van der Waals surface area contributed by atoms with E-state index in [1.165, 1.54) is 6.07 Å². The molecular weight excluding hydrogens is 322 g/mol. The van der Waals surface area contributed by atoms with E-state index < -0.39 is 11.6 Å². The summed E-state index contributed by atoms with van der Waals surface area (Å²) in [6, 6.07) is 18.0. The van der Waals surface area contributed by atoms with Crippen LogP contribution in [0.1, 0.15) is 16.0 Å². The first-order chi connectivity index (χ1) is 9.66. The Labute approximate surface area is 124 Å². The van der Waals surface area contributed by atoms with E-state index in [0.29, 0.717) is 5.56 Å². The average molecular weight is 333 g/mol. The van der Waals surface area contributed by atoms with Gasteiger partial charge in [-0.2, -0.15) is 0 Å². The van der Waals surface area contributed by atoms with Crippen molar-refractivity contribution < 1.29 is 8.78 Å². The molecule has 0 aliphatic heterocycles. The summed E-state index contributed by atoms with van der Waals surface area (Å²) >= 11 is 3.58. The Morgan fingerprint density at radius 3 is 2.35 bits per heavy atom. The maximum atomic E-state index is 13.4. The minimum absolute atomic E-state index is 0.177. The minimum Gasteiger partial charge on any atom is -0.204 e. The van der Waals surface area contributed by atoms with E-state index in [1.807, 2.05) is 42.5 Å². The maximum Gasteiger partial charge on any atom is 0.159 e. The van der Waals surface area contributed by atoms with Gasteiger partial charge in [-0.25, -0.2) is 8.78 Å². The standard InChI is InChI=1S/C17H11BrF2/c18-17(12-8-9-15(19)16(20)10-12)14-7-3-5-11-4-1-2-6-13(11)14/h1-10,17H. The Morgan fingerprint density at radius 1 is 0.800 bits per heavy atom. The highest BCUT2D eigenvalue weighted by atomic mass is 79.9. The maximum absolute atomic E-state index is 13.4. The highest BCUT2D eigenvalue weighted by Crippen LogP contribution is 2.35. The quantitative estimate of drug-likeness (QED) is 0.535. The van der Waals surface area contributed by atoms with E-state index in [1.54, 1.807) is 6.07 Å². The van der Waals surface area contributed by atoms with Gasteiger partial charge in [-0.05, 0) is 34.0 Å². The van der Waals surface area contributed by atoms with Crippen LogP contribution in [-0.4, -0.2) is 0 Å². The van der Waals surface area contributed by atoms with Gasteiger partial charge in [0.15, 0.2) is 11.6 Å². The Bertz CT molecular complexity index is 763. The molecule has 3 aromatic carbocycles. The zero-order valence-corrected chi connectivity index (χ0v) is 12.1. The molecule has 0 saturated carbocycles. The van der Waals surface area contributed by atoms with Crippen LogP contribution in [0, 0.1) is 11.6 Å². The molecule has 0 bridgehead atoms. The van der Waals surface area contributed by atoms with Crippen LogP contribution in [0.15, 0.2) is 60.7 Å². The van der Waals surface area contributed by atoms with Gasteiger partial charge in [0, 0.05) is 0 Å². The molecule has 0 saturated heterocycles. The van der Waals surface area contributed by atoms with Crippen LogP contribution in [0.2, 0.25) is 0 Å². The van der Waals surface area contributed by atoms with Gasteiger partial charge >= 0.3 is 0 Å². The molecule has 0 aromatic heterocycles. The molecule has 0 aliphatic rings. The second kappa shape index (κ2) is 5.33. The third kappa shape index (κ3) is 2.34. The molecule has 0 heterocycles. The average Bonchev–Trinajstić information content (AvgIpc) is 2.49. The molecule has 3 aromatic rings. The Balaban J connectivity index is 2.12. The lowest BCUT2D eigenvalue weighted by Gasteiger charge is -2.14. The number of rotatable bonds is 2. The van der Waals surface area contributed by atoms with E-state index in [-0.39, 0.29) is 4.83 Å². The second-order valence-electron chi connectivity index (χ2n) is 4.60. The topological polar surface area (TPSA) is 0 Å². The molecule has 1 unspecified atom stereocenters. The van der Waals surface area contributed by atoms with Crippen LogP contribution >= 0.6 is 15.9 Å². The number of halogens is 3. The molecule has 0 spiro atoms. The van der Waals surface area contributed by atoms with Crippen LogP contribution < -0.4 is 0 Å². The van der Waals surface area contributed by atoms with Crippen LogP contribution in [0.4, 0.5) is 8.78 Å². The summed E-state index contributed by atoms with van der Waals surface area (Å²) in [7, 11) is 0. The van der Waals surface area contributed by atoms with E-state index in [0.717, 1.165) is 22.4 Å². The molecule has 3 rings (SSSR count). The summed E-state index contributed by atoms with van der Waals surface area (Å²) in [5, 5.41) is 2.22. The van der Waals surface area contributed by atoms with Crippen LogP contribution in [0.25, 0.3) is 10.8 Å². The van der Waals surface area contributed by atoms with Gasteiger partial charge in [-0.3, -0.25) is 0 Å². The molecule has 0 amide bonds. The van der Waals surface area contributed by atoms with Crippen LogP contribution in [-0.2, 0) is 0 Å². The highest BCUT2D eigenvalue weighted by Gasteiger charge is 2.15. The number of benzene rings is 3. The Kier molecular flexibility index (Phi) is 3.53. The van der Waals surface area contributed by atoms with Crippen LogP contribution in [0.3, 0.4) is 0 Å². The molecule has 0 nitrogen and oxygen atoms in total. The smallest absolute Gasteiger partial charge is 0.159 e. The van der Waals surface area contributed by atoms with Crippen molar-refractivity contribution >= 4 is 26.7 Å². The van der Waals surface area contributed by atoms with Gasteiger partial charge in [0.25, 0.3) is 0 Å². The van der Waals surface area contributed by atoms with Gasteiger partial charge in [0.1, 0.15) is 0 Å². The minimum atomic E-state index is -0.827. The largest absolute Gasteiger partial charge is 0.204 e. The first-order valence-electron chi connectivity index (χ1n) is 6.23. The lowest BCUT2D eigenvalue weighted by Crippen LogP contribution is -1.96. The lowest BCUT2D eigenvalue weighted by molar-refractivity contribution is 0.507. The first-order valence-corrected chi connectivity index (χ1v) is 7.15. The van der Waals surface area contributed by atoms with Crippen molar-refractivity contribution in [2.45, 2.75) is 4.83 Å². The predicted molar refractivity (Wildman–Crippen MR) is 81.1 cm³/mol. The fourth-order valence-corrected chi connectivity index (χ4v) is 3.01. The lowest BCUT2D eigenvalue weighted by atomic mass is 9.98. The van der Waals surface area contributed by atoms with Crippen molar-refractivity contribution in [2.75, 3.05) is 0 Å². The van der Waals surface area contributed by atoms with Crippen molar-refractivity contribution in [3.8, 4) is 0 Å². The second-order valence-corrected chi connectivity index (χ2v) is 5.52. The first kappa shape index (κ1) is 13.3. The fraction of sp³-hybridized carbons (Fsp3) is 0.0588. The zero-order valence-electron chi connectivity index (χ0n) is 10.5. The summed E-state index contributed by atoms with van der Waals surface area (Å²) in [4.78, 5) is -0.177.